The number of aliphatic imine (C=N–C) groups is 1. The summed E-state index contributed by atoms with van der Waals surface area (Å²) in [6, 6.07) is 0. The summed E-state index contributed by atoms with van der Waals surface area (Å²) < 4.78 is -0.217. The number of dihydropyridines is 1. The van der Waals surface area contributed by atoms with Gasteiger partial charge in [0.2, 0.25) is 0 Å². The lowest BCUT2D eigenvalue weighted by atomic mass is 9.83. The Morgan fingerprint density at radius 1 is 1.53 bits per heavy atom. The van der Waals surface area contributed by atoms with E-state index in [4.69, 9.17) is 5.84 Å². The Balaban J connectivity index is 2.07. The van der Waals surface area contributed by atoms with Crippen LogP contribution in [0.2, 0.25) is 0 Å². The molecule has 0 aromatic rings. The van der Waals surface area contributed by atoms with Crippen molar-refractivity contribution in [1.29, 1.82) is 0 Å². The maximum atomic E-state index is 11.7. The van der Waals surface area contributed by atoms with Crippen LogP contribution in [0.1, 0.15) is 6.42 Å². The molecule has 1 unspecified atom stereocenters. The van der Waals surface area contributed by atoms with Gasteiger partial charge in [-0.15, -0.1) is 11.8 Å². The molecule has 1 amide bonds. The van der Waals surface area contributed by atoms with E-state index >= 15 is 0 Å². The molecule has 86 valence electrons. The average Bonchev–Trinajstić information content (AvgIpc) is 2.75. The zero-order chi connectivity index (χ0) is 11.9. The molecule has 0 saturated heterocycles. The van der Waals surface area contributed by atoms with Crippen molar-refractivity contribution in [2.75, 3.05) is 0 Å². The molecule has 0 saturated carbocycles. The number of nitrogens with two attached hydrogens (primary N) is 1. The second-order valence-corrected chi connectivity index (χ2v) is 5.16. The standard InChI is InChI=1S/C12H11N3OS/c13-15-11(16)8-7-17-12-5-2-1-3-10(12)14-6-4-9(8)12/h1-4,6-7H,5,13H2,(H,15,16). The van der Waals surface area contributed by atoms with E-state index in [9.17, 15) is 4.79 Å². The Bertz CT molecular complexity index is 542. The number of thioether (sulfide) groups is 1. The van der Waals surface area contributed by atoms with Crippen LogP contribution >= 0.6 is 11.8 Å². The summed E-state index contributed by atoms with van der Waals surface area (Å²) >= 11 is 1.63. The molecule has 1 spiro atoms. The second kappa shape index (κ2) is 3.72. The number of hydrazine groups is 1. The van der Waals surface area contributed by atoms with E-state index in [-0.39, 0.29) is 10.7 Å². The van der Waals surface area contributed by atoms with Crippen LogP contribution in [-0.4, -0.2) is 16.9 Å². The fourth-order valence-corrected chi connectivity index (χ4v) is 3.60. The molecule has 3 N–H and O–H groups in total. The summed E-state index contributed by atoms with van der Waals surface area (Å²) in [5, 5.41) is 1.87. The van der Waals surface area contributed by atoms with E-state index in [0.29, 0.717) is 5.57 Å². The molecule has 2 heterocycles. The van der Waals surface area contributed by atoms with Crippen molar-refractivity contribution < 1.29 is 4.79 Å². The molecule has 0 fully saturated rings. The molecule has 3 aliphatic rings. The van der Waals surface area contributed by atoms with Crippen molar-refractivity contribution in [1.82, 2.24) is 5.43 Å². The highest BCUT2D eigenvalue weighted by Crippen LogP contribution is 2.54. The quantitative estimate of drug-likeness (QED) is 0.414. The zero-order valence-electron chi connectivity index (χ0n) is 9.01. The molecule has 0 aromatic heterocycles. The van der Waals surface area contributed by atoms with Gasteiger partial charge in [-0.05, 0) is 29.6 Å². The van der Waals surface area contributed by atoms with Crippen molar-refractivity contribution in [2.45, 2.75) is 11.2 Å². The van der Waals surface area contributed by atoms with Crippen LogP contribution in [0.5, 0.6) is 0 Å². The largest absolute Gasteiger partial charge is 0.290 e. The fourth-order valence-electron chi connectivity index (χ4n) is 2.31. The van der Waals surface area contributed by atoms with Crippen molar-refractivity contribution in [2.24, 2.45) is 10.8 Å². The minimum Gasteiger partial charge on any atom is -0.290 e. The summed E-state index contributed by atoms with van der Waals surface area (Å²) in [6.45, 7) is 0. The number of amides is 1. The second-order valence-electron chi connectivity index (χ2n) is 3.99. The van der Waals surface area contributed by atoms with E-state index in [1.165, 1.54) is 0 Å². The smallest absolute Gasteiger partial charge is 0.266 e. The Morgan fingerprint density at radius 3 is 3.24 bits per heavy atom. The summed E-state index contributed by atoms with van der Waals surface area (Å²) in [6.07, 6.45) is 10.6. The number of rotatable bonds is 1. The van der Waals surface area contributed by atoms with Gasteiger partial charge < -0.3 is 0 Å². The van der Waals surface area contributed by atoms with Gasteiger partial charge in [0.1, 0.15) is 0 Å². The minimum absolute atomic E-state index is 0.217. The van der Waals surface area contributed by atoms with Crippen LogP contribution in [0.25, 0.3) is 0 Å². The molecule has 2 aliphatic heterocycles. The number of hydrogen-bond donors (Lipinski definition) is 2. The highest BCUT2D eigenvalue weighted by molar-refractivity contribution is 8.04. The van der Waals surface area contributed by atoms with Crippen molar-refractivity contribution >= 4 is 23.9 Å². The third kappa shape index (κ3) is 1.36. The molecular formula is C12H11N3OS. The molecule has 1 aliphatic carbocycles. The molecule has 17 heavy (non-hydrogen) atoms. The lowest BCUT2D eigenvalue weighted by Gasteiger charge is -2.33. The van der Waals surface area contributed by atoms with Crippen LogP contribution in [0.4, 0.5) is 0 Å². The van der Waals surface area contributed by atoms with Crippen LogP contribution in [0.3, 0.4) is 0 Å². The Kier molecular flexibility index (Phi) is 2.31. The zero-order valence-corrected chi connectivity index (χ0v) is 9.83. The number of carbonyl (C=O) groups excluding carboxylic acids is 1. The van der Waals surface area contributed by atoms with Gasteiger partial charge in [0.25, 0.3) is 5.91 Å². The van der Waals surface area contributed by atoms with Crippen molar-refractivity contribution in [3.63, 3.8) is 0 Å². The molecule has 5 heteroatoms. The van der Waals surface area contributed by atoms with Gasteiger partial charge >= 0.3 is 0 Å². The van der Waals surface area contributed by atoms with Gasteiger partial charge in [-0.3, -0.25) is 15.2 Å². The fraction of sp³-hybridized carbons (Fsp3) is 0.167. The lowest BCUT2D eigenvalue weighted by molar-refractivity contribution is -0.117. The van der Waals surface area contributed by atoms with E-state index in [0.717, 1.165) is 17.7 Å². The van der Waals surface area contributed by atoms with Crippen molar-refractivity contribution in [3.8, 4) is 0 Å². The topological polar surface area (TPSA) is 67.5 Å². The van der Waals surface area contributed by atoms with Crippen LogP contribution in [0, 0.1) is 0 Å². The van der Waals surface area contributed by atoms with E-state index < -0.39 is 0 Å². The van der Waals surface area contributed by atoms with Gasteiger partial charge in [0, 0.05) is 6.21 Å². The normalized spacial score (nSPS) is 28.9. The van der Waals surface area contributed by atoms with Crippen molar-refractivity contribution in [3.05, 3.63) is 46.6 Å². The Labute approximate surface area is 103 Å². The number of nitrogens with zero attached hydrogens (tertiary/aromatic N) is 1. The van der Waals surface area contributed by atoms with Gasteiger partial charge in [-0.1, -0.05) is 12.2 Å². The first kappa shape index (κ1) is 10.6. The lowest BCUT2D eigenvalue weighted by Crippen LogP contribution is -2.36. The van der Waals surface area contributed by atoms with Gasteiger partial charge in [-0.2, -0.15) is 0 Å². The number of hydrogen-bond acceptors (Lipinski definition) is 4. The highest BCUT2D eigenvalue weighted by atomic mass is 32.2. The van der Waals surface area contributed by atoms with Gasteiger partial charge in [0.05, 0.1) is 16.0 Å². The third-order valence-corrected chi connectivity index (χ3v) is 4.49. The molecule has 4 nitrogen and oxygen atoms in total. The van der Waals surface area contributed by atoms with E-state index in [2.05, 4.69) is 16.5 Å². The predicted octanol–water partition coefficient (Wildman–Crippen LogP) is 1.20. The molecule has 0 radical (unpaired) electrons. The van der Waals surface area contributed by atoms with E-state index in [1.54, 1.807) is 18.0 Å². The van der Waals surface area contributed by atoms with E-state index in [1.807, 2.05) is 23.6 Å². The minimum atomic E-state index is -0.246. The molecule has 0 aromatic carbocycles. The first-order chi connectivity index (χ1) is 8.28. The monoisotopic (exact) mass is 245 g/mol. The molecule has 1 atom stereocenters. The van der Waals surface area contributed by atoms with Crippen LogP contribution in [0.15, 0.2) is 51.5 Å². The first-order valence-corrected chi connectivity index (χ1v) is 6.17. The Hall–Kier alpha value is -1.59. The summed E-state index contributed by atoms with van der Waals surface area (Å²) in [5.41, 5.74) is 4.83. The van der Waals surface area contributed by atoms with Crippen LogP contribution in [-0.2, 0) is 4.79 Å². The van der Waals surface area contributed by atoms with Crippen LogP contribution < -0.4 is 11.3 Å². The molecule has 0 bridgehead atoms. The highest BCUT2D eigenvalue weighted by Gasteiger charge is 2.46. The SMILES string of the molecule is NNC(=O)C1=CSC23CC=CC=C2N=CC=C13. The summed E-state index contributed by atoms with van der Waals surface area (Å²) in [7, 11) is 0. The van der Waals surface area contributed by atoms with Gasteiger partial charge in [0.15, 0.2) is 0 Å². The number of allylic oxidation sites excluding steroid dienone is 4. The predicted molar refractivity (Wildman–Crippen MR) is 69.2 cm³/mol. The maximum Gasteiger partial charge on any atom is 0.266 e. The summed E-state index contributed by atoms with van der Waals surface area (Å²) in [5.74, 6) is 4.95. The first-order valence-electron chi connectivity index (χ1n) is 5.29. The third-order valence-electron chi connectivity index (χ3n) is 3.14. The summed E-state index contributed by atoms with van der Waals surface area (Å²) in [4.78, 5) is 16.1. The maximum absolute atomic E-state index is 11.7. The average molecular weight is 245 g/mol. The molecule has 3 rings (SSSR count). The molecular weight excluding hydrogens is 234 g/mol. The number of carbonyl (C=O) groups is 1. The van der Waals surface area contributed by atoms with Gasteiger partial charge in [-0.25, -0.2) is 5.84 Å². The Morgan fingerprint density at radius 2 is 2.41 bits per heavy atom. The number of nitrogens with one attached hydrogen (secondary N) is 1.